The van der Waals surface area contributed by atoms with Crippen molar-refractivity contribution >= 4 is 35.2 Å². The molecule has 0 aliphatic heterocycles. The Bertz CT molecular complexity index is 612. The molecular formula is C12H12ClFN2O3. The van der Waals surface area contributed by atoms with Gasteiger partial charge >= 0.3 is 5.97 Å². The Morgan fingerprint density at radius 1 is 1.37 bits per heavy atom. The molecule has 0 spiro atoms. The fourth-order valence-electron chi connectivity index (χ4n) is 1.55. The van der Waals surface area contributed by atoms with E-state index < -0.39 is 11.9 Å². The van der Waals surface area contributed by atoms with Gasteiger partial charge in [-0.1, -0.05) is 0 Å². The van der Waals surface area contributed by atoms with E-state index in [0.717, 1.165) is 0 Å². The Morgan fingerprint density at radius 3 is 2.79 bits per heavy atom. The molecule has 0 bridgehead atoms. The number of hydrogen-bond donors (Lipinski definition) is 2. The number of H-pyrrole nitrogens is 1. The molecule has 0 fully saturated rings. The van der Waals surface area contributed by atoms with E-state index in [0.29, 0.717) is 10.9 Å². The normalized spacial score (nSPS) is 9.79. The number of ether oxygens (including phenoxy) is 1. The number of rotatable bonds is 3. The van der Waals surface area contributed by atoms with Crippen LogP contribution in [-0.4, -0.2) is 30.5 Å². The average Bonchev–Trinajstić information content (AvgIpc) is 2.78. The molecule has 0 aliphatic carbocycles. The number of benzene rings is 1. The second-order valence-corrected chi connectivity index (χ2v) is 3.67. The number of methoxy groups -OCH3 is 1. The molecule has 0 saturated carbocycles. The highest BCUT2D eigenvalue weighted by molar-refractivity contribution is 5.99. The van der Waals surface area contributed by atoms with E-state index in [1.807, 2.05) is 0 Å². The van der Waals surface area contributed by atoms with E-state index in [9.17, 15) is 14.0 Å². The molecule has 102 valence electrons. The molecule has 1 amide bonds. The predicted octanol–water partition coefficient (Wildman–Crippen LogP) is 1.63. The van der Waals surface area contributed by atoms with Gasteiger partial charge in [-0.2, -0.15) is 0 Å². The van der Waals surface area contributed by atoms with E-state index in [1.54, 1.807) is 6.07 Å². The first-order valence-corrected chi connectivity index (χ1v) is 5.23. The van der Waals surface area contributed by atoms with Gasteiger partial charge < -0.3 is 15.0 Å². The quantitative estimate of drug-likeness (QED) is 0.843. The summed E-state index contributed by atoms with van der Waals surface area (Å²) in [5.41, 5.74) is 0.916. The van der Waals surface area contributed by atoms with Crippen LogP contribution in [0.2, 0.25) is 0 Å². The summed E-state index contributed by atoms with van der Waals surface area (Å²) in [7, 11) is 1.24. The maximum Gasteiger partial charge on any atom is 0.325 e. The predicted molar refractivity (Wildman–Crippen MR) is 69.9 cm³/mol. The summed E-state index contributed by atoms with van der Waals surface area (Å²) >= 11 is 0. The lowest BCUT2D eigenvalue weighted by atomic mass is 10.2. The van der Waals surface area contributed by atoms with E-state index in [-0.39, 0.29) is 30.5 Å². The molecule has 0 aliphatic rings. The van der Waals surface area contributed by atoms with Gasteiger partial charge in [-0.25, -0.2) is 4.39 Å². The summed E-state index contributed by atoms with van der Waals surface area (Å²) in [5, 5.41) is 2.98. The summed E-state index contributed by atoms with van der Waals surface area (Å²) in [6.45, 7) is -0.209. The van der Waals surface area contributed by atoms with Crippen molar-refractivity contribution in [3.63, 3.8) is 0 Å². The Hall–Kier alpha value is -2.08. The van der Waals surface area contributed by atoms with Crippen molar-refractivity contribution in [2.45, 2.75) is 0 Å². The van der Waals surface area contributed by atoms with Gasteiger partial charge in [0.2, 0.25) is 0 Å². The average molecular weight is 287 g/mol. The molecule has 7 heteroatoms. The minimum absolute atomic E-state index is 0. The number of esters is 1. The van der Waals surface area contributed by atoms with E-state index in [2.05, 4.69) is 15.0 Å². The van der Waals surface area contributed by atoms with Crippen molar-refractivity contribution in [2.24, 2.45) is 0 Å². The van der Waals surface area contributed by atoms with Crippen molar-refractivity contribution in [1.29, 1.82) is 0 Å². The third-order valence-electron chi connectivity index (χ3n) is 2.45. The van der Waals surface area contributed by atoms with Gasteiger partial charge in [-0.05, 0) is 24.3 Å². The Kier molecular flexibility index (Phi) is 4.88. The van der Waals surface area contributed by atoms with Crippen LogP contribution in [0.1, 0.15) is 10.5 Å². The molecule has 2 rings (SSSR count). The van der Waals surface area contributed by atoms with Crippen LogP contribution < -0.4 is 5.32 Å². The number of carbonyl (C=O) groups is 2. The van der Waals surface area contributed by atoms with Crippen molar-refractivity contribution in [3.8, 4) is 0 Å². The highest BCUT2D eigenvalue weighted by Gasteiger charge is 2.11. The monoisotopic (exact) mass is 286 g/mol. The van der Waals surface area contributed by atoms with E-state index in [1.165, 1.54) is 25.3 Å². The van der Waals surface area contributed by atoms with Gasteiger partial charge in [-0.15, -0.1) is 12.4 Å². The number of aromatic amines is 1. The topological polar surface area (TPSA) is 71.2 Å². The molecule has 1 heterocycles. The molecule has 19 heavy (non-hydrogen) atoms. The Morgan fingerprint density at radius 2 is 2.11 bits per heavy atom. The number of fused-ring (bicyclic) bond motifs is 1. The standard InChI is InChI=1S/C12H11FN2O3.ClH/c1-18-11(16)6-14-12(17)10-5-7-4-8(13)2-3-9(7)15-10;/h2-5,15H,6H2,1H3,(H,14,17);1H. The summed E-state index contributed by atoms with van der Waals surface area (Å²) in [5.74, 6) is -1.36. The molecular weight excluding hydrogens is 275 g/mol. The van der Waals surface area contributed by atoms with Crippen molar-refractivity contribution in [2.75, 3.05) is 13.7 Å². The van der Waals surface area contributed by atoms with Crippen LogP contribution in [0.5, 0.6) is 0 Å². The molecule has 2 N–H and O–H groups in total. The fourth-order valence-corrected chi connectivity index (χ4v) is 1.55. The second-order valence-electron chi connectivity index (χ2n) is 3.67. The smallest absolute Gasteiger partial charge is 0.325 e. The molecule has 0 unspecified atom stereocenters. The molecule has 0 saturated heterocycles. The van der Waals surface area contributed by atoms with Gasteiger partial charge in [-0.3, -0.25) is 9.59 Å². The van der Waals surface area contributed by atoms with Crippen LogP contribution in [-0.2, 0) is 9.53 Å². The summed E-state index contributed by atoms with van der Waals surface area (Å²) in [6.07, 6.45) is 0. The van der Waals surface area contributed by atoms with Gasteiger partial charge in [0.15, 0.2) is 0 Å². The molecule has 2 aromatic rings. The van der Waals surface area contributed by atoms with Crippen molar-refractivity contribution in [1.82, 2.24) is 10.3 Å². The zero-order chi connectivity index (χ0) is 13.1. The lowest BCUT2D eigenvalue weighted by Crippen LogP contribution is -2.30. The molecule has 1 aromatic heterocycles. The van der Waals surface area contributed by atoms with Gasteiger partial charge in [0.25, 0.3) is 5.91 Å². The van der Waals surface area contributed by atoms with Crippen LogP contribution in [0, 0.1) is 5.82 Å². The number of carbonyl (C=O) groups excluding carboxylic acids is 2. The Labute approximate surface area is 114 Å². The maximum absolute atomic E-state index is 13.0. The van der Waals surface area contributed by atoms with Crippen molar-refractivity contribution in [3.05, 3.63) is 35.8 Å². The highest BCUT2D eigenvalue weighted by atomic mass is 35.5. The molecule has 0 radical (unpaired) electrons. The van der Waals surface area contributed by atoms with Crippen LogP contribution in [0.3, 0.4) is 0 Å². The third kappa shape index (κ3) is 3.45. The van der Waals surface area contributed by atoms with Crippen LogP contribution in [0.25, 0.3) is 10.9 Å². The first-order valence-electron chi connectivity index (χ1n) is 5.23. The summed E-state index contributed by atoms with van der Waals surface area (Å²) in [4.78, 5) is 25.4. The minimum atomic E-state index is -0.537. The van der Waals surface area contributed by atoms with Crippen LogP contribution in [0.4, 0.5) is 4.39 Å². The Balaban J connectivity index is 0.00000180. The van der Waals surface area contributed by atoms with Gasteiger partial charge in [0.1, 0.15) is 18.1 Å². The third-order valence-corrected chi connectivity index (χ3v) is 2.45. The molecule has 5 nitrogen and oxygen atoms in total. The van der Waals surface area contributed by atoms with Crippen molar-refractivity contribution < 1.29 is 18.7 Å². The second kappa shape index (κ2) is 6.19. The fraction of sp³-hybridized carbons (Fsp3) is 0.167. The largest absolute Gasteiger partial charge is 0.468 e. The van der Waals surface area contributed by atoms with Crippen LogP contribution in [0.15, 0.2) is 24.3 Å². The number of aromatic nitrogens is 1. The summed E-state index contributed by atoms with van der Waals surface area (Å²) < 4.78 is 17.4. The maximum atomic E-state index is 13.0. The number of hydrogen-bond acceptors (Lipinski definition) is 3. The number of amides is 1. The number of nitrogens with one attached hydrogen (secondary N) is 2. The first kappa shape index (κ1) is 15.0. The lowest BCUT2D eigenvalue weighted by molar-refractivity contribution is -0.139. The zero-order valence-electron chi connectivity index (χ0n) is 10.0. The highest BCUT2D eigenvalue weighted by Crippen LogP contribution is 2.16. The van der Waals surface area contributed by atoms with Crippen LogP contribution >= 0.6 is 12.4 Å². The van der Waals surface area contributed by atoms with E-state index in [4.69, 9.17) is 0 Å². The summed E-state index contributed by atoms with van der Waals surface area (Å²) in [6, 6.07) is 5.69. The van der Waals surface area contributed by atoms with Gasteiger partial charge in [0.05, 0.1) is 7.11 Å². The van der Waals surface area contributed by atoms with E-state index >= 15 is 0 Å². The van der Waals surface area contributed by atoms with Gasteiger partial charge in [0, 0.05) is 10.9 Å². The molecule has 1 aromatic carbocycles. The minimum Gasteiger partial charge on any atom is -0.468 e. The molecule has 0 atom stereocenters. The lowest BCUT2D eigenvalue weighted by Gasteiger charge is -2.01. The first-order chi connectivity index (χ1) is 8.60. The number of halogens is 2. The SMILES string of the molecule is COC(=O)CNC(=O)c1cc2cc(F)ccc2[nH]1.Cl. The zero-order valence-corrected chi connectivity index (χ0v) is 10.8.